The number of rotatable bonds is 4. The molecule has 22 heavy (non-hydrogen) atoms. The number of benzene rings is 1. The van der Waals surface area contributed by atoms with Crippen molar-refractivity contribution >= 4 is 17.6 Å². The summed E-state index contributed by atoms with van der Waals surface area (Å²) in [6.07, 6.45) is -19.4. The SMILES string of the molecule is O=C(CC(F)c1ccc(Cl)cc1)OC(C(F)(F)F)C(F)(F)F. The Morgan fingerprint density at radius 3 is 1.91 bits per heavy atom. The number of halogens is 8. The average molecular weight is 353 g/mol. The number of hydrogen-bond donors (Lipinski definition) is 0. The first-order valence-electron chi connectivity index (χ1n) is 5.63. The minimum atomic E-state index is -5.83. The smallest absolute Gasteiger partial charge is 0.434 e. The quantitative estimate of drug-likeness (QED) is 0.576. The maximum absolute atomic E-state index is 13.7. The van der Waals surface area contributed by atoms with Gasteiger partial charge in [0.25, 0.3) is 6.10 Å². The number of alkyl halides is 7. The van der Waals surface area contributed by atoms with E-state index in [0.29, 0.717) is 0 Å². The molecule has 0 heterocycles. The topological polar surface area (TPSA) is 26.3 Å². The Kier molecular flexibility index (Phi) is 5.66. The highest BCUT2D eigenvalue weighted by Gasteiger charge is 2.59. The number of carbonyl (C=O) groups is 1. The molecule has 10 heteroatoms. The van der Waals surface area contributed by atoms with Gasteiger partial charge in [0.15, 0.2) is 0 Å². The van der Waals surface area contributed by atoms with Crippen LogP contribution < -0.4 is 0 Å². The first kappa shape index (κ1) is 18.5. The van der Waals surface area contributed by atoms with Gasteiger partial charge in [0.1, 0.15) is 6.17 Å². The fourth-order valence-corrected chi connectivity index (χ4v) is 1.56. The third kappa shape index (κ3) is 5.36. The van der Waals surface area contributed by atoms with Gasteiger partial charge in [0.2, 0.25) is 0 Å². The van der Waals surface area contributed by atoms with E-state index >= 15 is 0 Å². The van der Waals surface area contributed by atoms with Crippen LogP contribution in [0.3, 0.4) is 0 Å². The van der Waals surface area contributed by atoms with Gasteiger partial charge in [-0.3, -0.25) is 4.79 Å². The van der Waals surface area contributed by atoms with Gasteiger partial charge in [-0.2, -0.15) is 26.3 Å². The van der Waals surface area contributed by atoms with Gasteiger partial charge >= 0.3 is 18.3 Å². The Morgan fingerprint density at radius 2 is 1.50 bits per heavy atom. The van der Waals surface area contributed by atoms with E-state index in [1.165, 1.54) is 12.1 Å². The van der Waals surface area contributed by atoms with E-state index < -0.39 is 37.0 Å². The van der Waals surface area contributed by atoms with E-state index in [0.717, 1.165) is 12.1 Å². The lowest BCUT2D eigenvalue weighted by molar-refractivity contribution is -0.313. The second kappa shape index (κ2) is 6.72. The molecule has 0 saturated heterocycles. The van der Waals surface area contributed by atoms with Crippen molar-refractivity contribution < 1.29 is 40.3 Å². The third-order valence-corrected chi connectivity index (χ3v) is 2.67. The highest BCUT2D eigenvalue weighted by molar-refractivity contribution is 6.30. The lowest BCUT2D eigenvalue weighted by Gasteiger charge is -2.23. The summed E-state index contributed by atoms with van der Waals surface area (Å²) in [5.74, 6) is -1.96. The van der Waals surface area contributed by atoms with Crippen molar-refractivity contribution in [2.75, 3.05) is 0 Å². The van der Waals surface area contributed by atoms with Crippen LogP contribution in [0.5, 0.6) is 0 Å². The lowest BCUT2D eigenvalue weighted by atomic mass is 10.1. The molecule has 0 aliphatic rings. The first-order chi connectivity index (χ1) is 9.91. The molecule has 1 unspecified atom stereocenters. The standard InChI is InChI=1S/C12H8ClF7O2/c13-7-3-1-6(2-4-7)8(14)5-9(21)22-10(11(15,16)17)12(18,19)20/h1-4,8,10H,5H2. The van der Waals surface area contributed by atoms with E-state index in [-0.39, 0.29) is 10.6 Å². The number of ether oxygens (including phenoxy) is 1. The molecule has 0 N–H and O–H groups in total. The van der Waals surface area contributed by atoms with E-state index in [9.17, 15) is 35.5 Å². The van der Waals surface area contributed by atoms with Gasteiger partial charge in [-0.25, -0.2) is 4.39 Å². The van der Waals surface area contributed by atoms with Gasteiger partial charge in [-0.1, -0.05) is 23.7 Å². The molecule has 0 aliphatic carbocycles. The summed E-state index contributed by atoms with van der Waals surface area (Å²) >= 11 is 5.53. The van der Waals surface area contributed by atoms with E-state index in [2.05, 4.69) is 4.74 Å². The van der Waals surface area contributed by atoms with Crippen molar-refractivity contribution in [2.24, 2.45) is 0 Å². The van der Waals surface area contributed by atoms with Crippen molar-refractivity contribution in [1.29, 1.82) is 0 Å². The fraction of sp³-hybridized carbons (Fsp3) is 0.417. The molecule has 0 fully saturated rings. The van der Waals surface area contributed by atoms with E-state index in [1.807, 2.05) is 0 Å². The van der Waals surface area contributed by atoms with Gasteiger partial charge < -0.3 is 4.74 Å². The second-order valence-electron chi connectivity index (χ2n) is 4.18. The molecule has 0 bridgehead atoms. The van der Waals surface area contributed by atoms with Gasteiger partial charge in [0.05, 0.1) is 6.42 Å². The molecular weight excluding hydrogens is 345 g/mol. The van der Waals surface area contributed by atoms with E-state index in [4.69, 9.17) is 11.6 Å². The predicted octanol–water partition coefficient (Wildman–Crippen LogP) is 4.78. The normalized spacial score (nSPS) is 14.0. The van der Waals surface area contributed by atoms with Crippen LogP contribution in [0.4, 0.5) is 30.7 Å². The Bertz CT molecular complexity index is 496. The van der Waals surface area contributed by atoms with Crippen LogP contribution in [-0.4, -0.2) is 24.4 Å². The van der Waals surface area contributed by atoms with Crippen LogP contribution in [0.15, 0.2) is 24.3 Å². The van der Waals surface area contributed by atoms with Crippen molar-refractivity contribution in [1.82, 2.24) is 0 Å². The lowest BCUT2D eigenvalue weighted by Crippen LogP contribution is -2.45. The van der Waals surface area contributed by atoms with Crippen LogP contribution in [0, 0.1) is 0 Å². The minimum absolute atomic E-state index is 0.128. The van der Waals surface area contributed by atoms with Crippen molar-refractivity contribution in [3.05, 3.63) is 34.9 Å². The van der Waals surface area contributed by atoms with Gasteiger partial charge in [-0.15, -0.1) is 0 Å². The molecule has 2 nitrogen and oxygen atoms in total. The van der Waals surface area contributed by atoms with Gasteiger partial charge in [-0.05, 0) is 17.7 Å². The van der Waals surface area contributed by atoms with Crippen molar-refractivity contribution in [3.8, 4) is 0 Å². The highest BCUT2D eigenvalue weighted by Crippen LogP contribution is 2.36. The van der Waals surface area contributed by atoms with Crippen molar-refractivity contribution in [3.63, 3.8) is 0 Å². The summed E-state index contributed by atoms with van der Waals surface area (Å²) < 4.78 is 90.0. The molecule has 0 amide bonds. The maximum atomic E-state index is 13.7. The largest absolute Gasteiger partial charge is 0.443 e. The molecule has 1 aromatic carbocycles. The highest BCUT2D eigenvalue weighted by atomic mass is 35.5. The molecule has 0 spiro atoms. The molecule has 124 valence electrons. The molecule has 0 saturated carbocycles. The summed E-state index contributed by atoms with van der Waals surface area (Å²) in [5.41, 5.74) is -0.128. The molecule has 0 aromatic heterocycles. The average Bonchev–Trinajstić information content (AvgIpc) is 2.34. The number of esters is 1. The van der Waals surface area contributed by atoms with Crippen LogP contribution in [0.1, 0.15) is 18.2 Å². The fourth-order valence-electron chi connectivity index (χ4n) is 1.43. The van der Waals surface area contributed by atoms with Crippen LogP contribution in [-0.2, 0) is 9.53 Å². The number of hydrogen-bond acceptors (Lipinski definition) is 2. The predicted molar refractivity (Wildman–Crippen MR) is 61.9 cm³/mol. The molecular formula is C12H8ClF7O2. The zero-order valence-electron chi connectivity index (χ0n) is 10.5. The zero-order chi connectivity index (χ0) is 17.1. The molecule has 1 rings (SSSR count). The molecule has 0 aliphatic heterocycles. The molecule has 1 atom stereocenters. The van der Waals surface area contributed by atoms with Crippen LogP contribution in [0.2, 0.25) is 5.02 Å². The summed E-state index contributed by atoms with van der Waals surface area (Å²) in [6, 6.07) is 4.79. The molecule has 0 radical (unpaired) electrons. The first-order valence-corrected chi connectivity index (χ1v) is 6.01. The summed E-state index contributed by atoms with van der Waals surface area (Å²) in [7, 11) is 0. The zero-order valence-corrected chi connectivity index (χ0v) is 11.3. The summed E-state index contributed by atoms with van der Waals surface area (Å²) in [4.78, 5) is 11.1. The Labute approximate surface area is 124 Å². The van der Waals surface area contributed by atoms with E-state index in [1.54, 1.807) is 0 Å². The Hall–Kier alpha value is -1.51. The maximum Gasteiger partial charge on any atom is 0.434 e. The Morgan fingerprint density at radius 1 is 1.05 bits per heavy atom. The summed E-state index contributed by atoms with van der Waals surface area (Å²) in [5, 5.41) is 0.243. The number of carbonyl (C=O) groups excluding carboxylic acids is 1. The van der Waals surface area contributed by atoms with Gasteiger partial charge in [0, 0.05) is 5.02 Å². The second-order valence-corrected chi connectivity index (χ2v) is 4.61. The summed E-state index contributed by atoms with van der Waals surface area (Å²) in [6.45, 7) is 0. The van der Waals surface area contributed by atoms with Crippen LogP contribution >= 0.6 is 11.6 Å². The van der Waals surface area contributed by atoms with Crippen LogP contribution in [0.25, 0.3) is 0 Å². The Balaban J connectivity index is 2.73. The van der Waals surface area contributed by atoms with Crippen molar-refractivity contribution in [2.45, 2.75) is 31.0 Å². The minimum Gasteiger partial charge on any atom is -0.443 e. The molecule has 1 aromatic rings. The third-order valence-electron chi connectivity index (χ3n) is 2.42. The monoisotopic (exact) mass is 352 g/mol.